The predicted molar refractivity (Wildman–Crippen MR) is 63.9 cm³/mol. The average Bonchev–Trinajstić information content (AvgIpc) is 2.03. The lowest BCUT2D eigenvalue weighted by Crippen LogP contribution is -1.74. The Bertz CT molecular complexity index is 204. The third-order valence-electron chi connectivity index (χ3n) is 1.76. The van der Waals surface area contributed by atoms with Crippen LogP contribution < -0.4 is 0 Å². The van der Waals surface area contributed by atoms with Crippen LogP contribution in [0, 0.1) is 0 Å². The Hall–Kier alpha value is -1.04. The molecule has 0 aliphatic carbocycles. The largest absolute Gasteiger partial charge is 0.0959 e. The molecule has 0 N–H and O–H groups in total. The summed E-state index contributed by atoms with van der Waals surface area (Å²) >= 11 is 0. The highest BCUT2D eigenvalue weighted by Crippen LogP contribution is 2.05. The summed E-state index contributed by atoms with van der Waals surface area (Å²) in [4.78, 5) is 0. The van der Waals surface area contributed by atoms with Crippen molar-refractivity contribution >= 4 is 0 Å². The third-order valence-corrected chi connectivity index (χ3v) is 1.76. The molecule has 0 fully saturated rings. The molecule has 0 nitrogen and oxygen atoms in total. The smallest absolute Gasteiger partial charge is 0.0311 e. The molecule has 0 aliphatic rings. The molecule has 0 bridgehead atoms. The van der Waals surface area contributed by atoms with Gasteiger partial charge in [0.05, 0.1) is 0 Å². The van der Waals surface area contributed by atoms with Crippen LogP contribution in [0.5, 0.6) is 0 Å². The molecule has 0 heteroatoms. The second-order valence-electron chi connectivity index (χ2n) is 3.30. The van der Waals surface area contributed by atoms with Gasteiger partial charge < -0.3 is 0 Å². The number of allylic oxidation sites excluding steroid dienone is 4. The Kier molecular flexibility index (Phi) is 8.47. The fourth-order valence-electron chi connectivity index (χ4n) is 0.302. The van der Waals surface area contributed by atoms with Crippen LogP contribution in [0.3, 0.4) is 0 Å². The number of hydrogen-bond acceptors (Lipinski definition) is 0. The minimum Gasteiger partial charge on any atom is -0.0959 e. The molecule has 0 unspecified atom stereocenters. The van der Waals surface area contributed by atoms with Crippen LogP contribution in [-0.2, 0) is 0 Å². The van der Waals surface area contributed by atoms with E-state index in [1.54, 1.807) is 0 Å². The maximum absolute atomic E-state index is 3.77. The Morgan fingerprint density at radius 3 is 1.08 bits per heavy atom. The van der Waals surface area contributed by atoms with Gasteiger partial charge in [-0.15, -0.1) is 0 Å². The van der Waals surface area contributed by atoms with Crippen molar-refractivity contribution in [2.24, 2.45) is 0 Å². The van der Waals surface area contributed by atoms with E-state index in [9.17, 15) is 0 Å². The number of hydrogen-bond donors (Lipinski definition) is 0. The standard InChI is InChI=1S/C7H12.C6H10/c1-5-7(4)6(2)3;1-5(2)6(3)4/h2,4-5H2,1,3H3;1,3H2,2,4H3. The molecule has 0 aliphatic heterocycles. The van der Waals surface area contributed by atoms with Crippen molar-refractivity contribution in [1.29, 1.82) is 0 Å². The summed E-state index contributed by atoms with van der Waals surface area (Å²) < 4.78 is 0. The first-order valence-electron chi connectivity index (χ1n) is 4.47. The Morgan fingerprint density at radius 1 is 0.769 bits per heavy atom. The number of rotatable bonds is 3. The van der Waals surface area contributed by atoms with Crippen molar-refractivity contribution in [3.63, 3.8) is 0 Å². The second-order valence-corrected chi connectivity index (χ2v) is 3.30. The van der Waals surface area contributed by atoms with E-state index in [0.29, 0.717) is 0 Å². The van der Waals surface area contributed by atoms with Gasteiger partial charge in [-0.25, -0.2) is 0 Å². The van der Waals surface area contributed by atoms with Gasteiger partial charge in [-0.3, -0.25) is 0 Å². The zero-order valence-electron chi connectivity index (χ0n) is 9.54. The van der Waals surface area contributed by atoms with Gasteiger partial charge in [0.1, 0.15) is 0 Å². The van der Waals surface area contributed by atoms with E-state index < -0.39 is 0 Å². The SMILES string of the molecule is C=C(C)C(=C)C.C=C(C)C(=C)CC. The molecule has 0 radical (unpaired) electrons. The summed E-state index contributed by atoms with van der Waals surface area (Å²) in [6.45, 7) is 22.8. The van der Waals surface area contributed by atoms with E-state index in [1.165, 1.54) is 0 Å². The summed E-state index contributed by atoms with van der Waals surface area (Å²) in [5.41, 5.74) is 4.38. The molecule has 0 aromatic rings. The van der Waals surface area contributed by atoms with Gasteiger partial charge >= 0.3 is 0 Å². The van der Waals surface area contributed by atoms with Crippen molar-refractivity contribution in [2.75, 3.05) is 0 Å². The Balaban J connectivity index is 0. The normalized spacial score (nSPS) is 8.00. The average molecular weight is 178 g/mol. The van der Waals surface area contributed by atoms with Crippen LogP contribution in [-0.4, -0.2) is 0 Å². The lowest BCUT2D eigenvalue weighted by atomic mass is 10.1. The van der Waals surface area contributed by atoms with E-state index in [2.05, 4.69) is 33.2 Å². The maximum Gasteiger partial charge on any atom is -0.0311 e. The first kappa shape index (κ1) is 14.5. The molecule has 0 atom stereocenters. The van der Waals surface area contributed by atoms with Gasteiger partial charge in [0, 0.05) is 0 Å². The van der Waals surface area contributed by atoms with Crippen molar-refractivity contribution in [1.82, 2.24) is 0 Å². The van der Waals surface area contributed by atoms with Crippen molar-refractivity contribution in [3.05, 3.63) is 48.6 Å². The van der Waals surface area contributed by atoms with Crippen LogP contribution in [0.2, 0.25) is 0 Å². The van der Waals surface area contributed by atoms with E-state index in [-0.39, 0.29) is 0 Å². The lowest BCUT2D eigenvalue weighted by molar-refractivity contribution is 1.12. The molecule has 0 amide bonds. The molecule has 0 spiro atoms. The van der Waals surface area contributed by atoms with Gasteiger partial charge in [-0.1, -0.05) is 55.5 Å². The molecular weight excluding hydrogens is 156 g/mol. The fourth-order valence-corrected chi connectivity index (χ4v) is 0.302. The van der Waals surface area contributed by atoms with E-state index in [0.717, 1.165) is 28.7 Å². The Labute approximate surface area is 83.4 Å². The topological polar surface area (TPSA) is 0 Å². The molecule has 0 heterocycles. The second kappa shape index (κ2) is 7.60. The minimum atomic E-state index is 1.02. The van der Waals surface area contributed by atoms with Gasteiger partial charge in [0.15, 0.2) is 0 Å². The molecule has 13 heavy (non-hydrogen) atoms. The van der Waals surface area contributed by atoms with Crippen molar-refractivity contribution < 1.29 is 0 Å². The summed E-state index contributed by atoms with van der Waals surface area (Å²) in [6.07, 6.45) is 1.02. The van der Waals surface area contributed by atoms with Crippen LogP contribution >= 0.6 is 0 Å². The molecule has 0 rings (SSSR count). The lowest BCUT2D eigenvalue weighted by Gasteiger charge is -1.95. The molecule has 0 saturated heterocycles. The zero-order chi connectivity index (χ0) is 11.0. The quantitative estimate of drug-likeness (QED) is 0.551. The highest BCUT2D eigenvalue weighted by molar-refractivity contribution is 5.21. The molecular formula is C13H22. The van der Waals surface area contributed by atoms with Crippen LogP contribution in [0.1, 0.15) is 34.1 Å². The summed E-state index contributed by atoms with van der Waals surface area (Å²) in [6, 6.07) is 0. The van der Waals surface area contributed by atoms with E-state index in [4.69, 9.17) is 0 Å². The van der Waals surface area contributed by atoms with Gasteiger partial charge in [0.25, 0.3) is 0 Å². The highest BCUT2D eigenvalue weighted by atomic mass is 13.9. The van der Waals surface area contributed by atoms with Gasteiger partial charge in [-0.05, 0) is 27.2 Å². The van der Waals surface area contributed by atoms with Gasteiger partial charge in [-0.2, -0.15) is 0 Å². The van der Waals surface area contributed by atoms with Crippen LogP contribution in [0.4, 0.5) is 0 Å². The van der Waals surface area contributed by atoms with Crippen molar-refractivity contribution in [2.45, 2.75) is 34.1 Å². The molecule has 0 aromatic carbocycles. The first-order chi connectivity index (χ1) is 5.82. The molecule has 0 aromatic heterocycles. The van der Waals surface area contributed by atoms with Crippen molar-refractivity contribution in [3.8, 4) is 0 Å². The summed E-state index contributed by atoms with van der Waals surface area (Å²) in [5.74, 6) is 0. The predicted octanol–water partition coefficient (Wildman–Crippen LogP) is 4.67. The molecule has 0 saturated carbocycles. The maximum atomic E-state index is 3.77. The monoisotopic (exact) mass is 178 g/mol. The van der Waals surface area contributed by atoms with E-state index in [1.807, 2.05) is 20.8 Å². The Morgan fingerprint density at radius 2 is 1.08 bits per heavy atom. The minimum absolute atomic E-state index is 1.02. The first-order valence-corrected chi connectivity index (χ1v) is 4.47. The molecule has 74 valence electrons. The zero-order valence-corrected chi connectivity index (χ0v) is 9.54. The fraction of sp³-hybridized carbons (Fsp3) is 0.385. The van der Waals surface area contributed by atoms with Crippen LogP contribution in [0.15, 0.2) is 48.6 Å². The van der Waals surface area contributed by atoms with Gasteiger partial charge in [0.2, 0.25) is 0 Å². The summed E-state index contributed by atoms with van der Waals surface area (Å²) in [7, 11) is 0. The third kappa shape index (κ3) is 11.0. The highest BCUT2D eigenvalue weighted by Gasteiger charge is 1.85. The summed E-state index contributed by atoms with van der Waals surface area (Å²) in [5, 5.41) is 0. The van der Waals surface area contributed by atoms with Crippen LogP contribution in [0.25, 0.3) is 0 Å². The van der Waals surface area contributed by atoms with E-state index >= 15 is 0 Å².